The summed E-state index contributed by atoms with van der Waals surface area (Å²) in [5.74, 6) is 0.871. The smallest absolute Gasteiger partial charge is 0.254 e. The van der Waals surface area contributed by atoms with Crippen molar-refractivity contribution in [3.05, 3.63) is 52.7 Å². The molecule has 0 radical (unpaired) electrons. The van der Waals surface area contributed by atoms with E-state index in [1.54, 1.807) is 16.8 Å². The van der Waals surface area contributed by atoms with Crippen LogP contribution in [0, 0.1) is 13.8 Å². The van der Waals surface area contributed by atoms with Gasteiger partial charge in [0.1, 0.15) is 11.6 Å². The van der Waals surface area contributed by atoms with Crippen molar-refractivity contribution in [3.63, 3.8) is 0 Å². The molecule has 2 amide bonds. The highest BCUT2D eigenvalue weighted by Crippen LogP contribution is 2.29. The first kappa shape index (κ1) is 18.4. The van der Waals surface area contributed by atoms with Crippen LogP contribution in [0.3, 0.4) is 0 Å². The largest absolute Gasteiger partial charge is 0.367 e. The number of aryl methyl sites for hydroxylation is 2. The Bertz CT molecular complexity index is 1220. The zero-order valence-electron chi connectivity index (χ0n) is 16.8. The number of aromatic nitrogens is 3. The maximum absolute atomic E-state index is 12.0. The summed E-state index contributed by atoms with van der Waals surface area (Å²) in [5.41, 5.74) is 5.11. The molecule has 2 aliphatic rings. The first-order valence-electron chi connectivity index (χ1n) is 10.0. The van der Waals surface area contributed by atoms with Crippen LogP contribution in [0.4, 0.5) is 17.3 Å². The van der Waals surface area contributed by atoms with E-state index < -0.39 is 0 Å². The summed E-state index contributed by atoms with van der Waals surface area (Å²) in [6.45, 7) is 4.16. The van der Waals surface area contributed by atoms with Gasteiger partial charge in [0.15, 0.2) is 5.65 Å². The van der Waals surface area contributed by atoms with E-state index in [4.69, 9.17) is 4.98 Å². The second kappa shape index (κ2) is 6.98. The summed E-state index contributed by atoms with van der Waals surface area (Å²) < 4.78 is 1.74. The van der Waals surface area contributed by atoms with E-state index in [1.807, 2.05) is 12.1 Å². The van der Waals surface area contributed by atoms with Crippen molar-refractivity contribution < 1.29 is 9.59 Å². The average molecular weight is 402 g/mol. The van der Waals surface area contributed by atoms with Crippen molar-refractivity contribution >= 4 is 40.9 Å². The maximum Gasteiger partial charge on any atom is 0.254 e. The lowest BCUT2D eigenvalue weighted by Gasteiger charge is -2.12. The van der Waals surface area contributed by atoms with E-state index in [1.165, 1.54) is 11.1 Å². The fraction of sp³-hybridized carbons (Fsp3) is 0.273. The predicted molar refractivity (Wildman–Crippen MR) is 115 cm³/mol. The number of anilines is 3. The minimum Gasteiger partial charge on any atom is -0.367 e. The number of hydrogen-bond donors (Lipinski definition) is 3. The maximum atomic E-state index is 12.0. The van der Waals surface area contributed by atoms with Crippen molar-refractivity contribution in [2.75, 3.05) is 10.6 Å². The number of hydrogen-bond acceptors (Lipinski definition) is 6. The number of rotatable bonds is 5. The molecule has 152 valence electrons. The molecular weight excluding hydrogens is 380 g/mol. The lowest BCUT2D eigenvalue weighted by molar-refractivity contribution is -0.124. The summed E-state index contributed by atoms with van der Waals surface area (Å²) in [6, 6.07) is 8.56. The quantitative estimate of drug-likeness (QED) is 0.448. The molecule has 1 aromatic carbocycles. The van der Waals surface area contributed by atoms with Gasteiger partial charge in [0.05, 0.1) is 12.6 Å². The predicted octanol–water partition coefficient (Wildman–Crippen LogP) is 3.09. The van der Waals surface area contributed by atoms with Crippen LogP contribution < -0.4 is 16.0 Å². The number of nitrogens with one attached hydrogen (secondary N) is 3. The number of nitrogens with zero attached hydrogens (tertiary/aromatic N) is 3. The van der Waals surface area contributed by atoms with E-state index in [2.05, 4.69) is 47.0 Å². The van der Waals surface area contributed by atoms with Crippen molar-refractivity contribution in [1.82, 2.24) is 19.9 Å². The Kier molecular flexibility index (Phi) is 4.27. The zero-order valence-corrected chi connectivity index (χ0v) is 16.8. The van der Waals surface area contributed by atoms with Gasteiger partial charge in [0.2, 0.25) is 5.91 Å². The van der Waals surface area contributed by atoms with Gasteiger partial charge >= 0.3 is 0 Å². The molecule has 1 saturated heterocycles. The molecule has 1 aliphatic carbocycles. The highest BCUT2D eigenvalue weighted by atomic mass is 16.2. The van der Waals surface area contributed by atoms with Gasteiger partial charge < -0.3 is 10.6 Å². The average Bonchev–Trinajstić information content (AvgIpc) is 3.34. The first-order chi connectivity index (χ1) is 14.5. The Morgan fingerprint density at radius 1 is 1.17 bits per heavy atom. The third kappa shape index (κ3) is 3.52. The van der Waals surface area contributed by atoms with Gasteiger partial charge in [-0.25, -0.2) is 4.98 Å². The summed E-state index contributed by atoms with van der Waals surface area (Å²) in [5, 5.41) is 13.6. The molecule has 0 atom stereocenters. The van der Waals surface area contributed by atoms with Gasteiger partial charge in [-0.3, -0.25) is 14.9 Å². The molecule has 3 heterocycles. The number of fused-ring (bicyclic) bond motifs is 1. The SMILES string of the molecule is Cc1ccc(Nc2cc(NC3CC3)n3ncc(/C=C4\CC(=O)NC4=O)c3n2)cc1C. The molecule has 1 saturated carbocycles. The third-order valence-corrected chi connectivity index (χ3v) is 5.43. The van der Waals surface area contributed by atoms with Gasteiger partial charge in [-0.2, -0.15) is 9.61 Å². The molecule has 3 aromatic rings. The molecule has 0 spiro atoms. The summed E-state index contributed by atoms with van der Waals surface area (Å²) >= 11 is 0. The monoisotopic (exact) mass is 402 g/mol. The lowest BCUT2D eigenvalue weighted by Crippen LogP contribution is -2.19. The zero-order chi connectivity index (χ0) is 20.8. The van der Waals surface area contributed by atoms with Crippen LogP contribution in [0.2, 0.25) is 0 Å². The fourth-order valence-electron chi connectivity index (χ4n) is 3.46. The summed E-state index contributed by atoms with van der Waals surface area (Å²) in [4.78, 5) is 28.2. The second-order valence-electron chi connectivity index (χ2n) is 7.93. The minimum absolute atomic E-state index is 0.0734. The van der Waals surface area contributed by atoms with Gasteiger partial charge in [-0.05, 0) is 56.0 Å². The van der Waals surface area contributed by atoms with E-state index in [0.717, 1.165) is 24.3 Å². The molecule has 30 heavy (non-hydrogen) atoms. The Balaban J connectivity index is 1.57. The molecule has 0 bridgehead atoms. The van der Waals surface area contributed by atoms with E-state index in [-0.39, 0.29) is 18.2 Å². The number of carbonyl (C=O) groups excluding carboxylic acids is 2. The molecule has 2 aromatic heterocycles. The van der Waals surface area contributed by atoms with Gasteiger partial charge in [-0.15, -0.1) is 0 Å². The molecule has 0 unspecified atom stereocenters. The number of benzene rings is 1. The minimum atomic E-state index is -0.361. The lowest BCUT2D eigenvalue weighted by atomic mass is 10.1. The highest BCUT2D eigenvalue weighted by molar-refractivity contribution is 6.15. The van der Waals surface area contributed by atoms with Crippen LogP contribution in [0.15, 0.2) is 36.0 Å². The van der Waals surface area contributed by atoms with Crippen LogP contribution in [0.25, 0.3) is 11.7 Å². The number of imide groups is 1. The molecule has 1 aliphatic heterocycles. The molecule has 8 nitrogen and oxygen atoms in total. The molecule has 5 rings (SSSR count). The van der Waals surface area contributed by atoms with Gasteiger partial charge in [0, 0.05) is 28.9 Å². The Hall–Kier alpha value is -3.68. The number of amides is 2. The van der Waals surface area contributed by atoms with E-state index >= 15 is 0 Å². The molecule has 8 heteroatoms. The van der Waals surface area contributed by atoms with Crippen LogP contribution in [0.1, 0.15) is 36.0 Å². The molecule has 2 fully saturated rings. The standard InChI is InChI=1S/C22H22N6O2/c1-12-3-4-17(7-13(12)2)24-18-10-19(25-16-5-6-16)28-21(26-18)15(11-23-28)8-14-9-20(29)27-22(14)30/h3-4,7-8,10-11,16,25H,5-6,9H2,1-2H3,(H,24,26)(H,27,29,30)/b14-8+. The highest BCUT2D eigenvalue weighted by Gasteiger charge is 2.25. The topological polar surface area (TPSA) is 100 Å². The van der Waals surface area contributed by atoms with E-state index in [0.29, 0.717) is 28.6 Å². The number of carbonyl (C=O) groups is 2. The van der Waals surface area contributed by atoms with Crippen molar-refractivity contribution in [2.24, 2.45) is 0 Å². The Morgan fingerprint density at radius 2 is 2.00 bits per heavy atom. The second-order valence-corrected chi connectivity index (χ2v) is 7.93. The van der Waals surface area contributed by atoms with Crippen LogP contribution in [-0.4, -0.2) is 32.5 Å². The van der Waals surface area contributed by atoms with Crippen LogP contribution in [-0.2, 0) is 9.59 Å². The first-order valence-corrected chi connectivity index (χ1v) is 10.0. The van der Waals surface area contributed by atoms with Crippen LogP contribution in [0.5, 0.6) is 0 Å². The van der Waals surface area contributed by atoms with Crippen molar-refractivity contribution in [2.45, 2.75) is 39.2 Å². The third-order valence-electron chi connectivity index (χ3n) is 5.43. The normalized spacial score (nSPS) is 17.6. The van der Waals surface area contributed by atoms with Crippen molar-refractivity contribution in [1.29, 1.82) is 0 Å². The van der Waals surface area contributed by atoms with Crippen molar-refractivity contribution in [3.8, 4) is 0 Å². The Morgan fingerprint density at radius 3 is 2.70 bits per heavy atom. The molecule has 3 N–H and O–H groups in total. The summed E-state index contributed by atoms with van der Waals surface area (Å²) in [7, 11) is 0. The fourth-order valence-corrected chi connectivity index (χ4v) is 3.46. The van der Waals surface area contributed by atoms with E-state index in [9.17, 15) is 9.59 Å². The van der Waals surface area contributed by atoms with Gasteiger partial charge in [0.25, 0.3) is 5.91 Å². The Labute approximate surface area is 173 Å². The molecular formula is C22H22N6O2. The van der Waals surface area contributed by atoms with Crippen LogP contribution >= 0.6 is 0 Å². The summed E-state index contributed by atoms with van der Waals surface area (Å²) in [6.07, 6.45) is 5.69. The van der Waals surface area contributed by atoms with Gasteiger partial charge in [-0.1, -0.05) is 6.07 Å².